The van der Waals surface area contributed by atoms with Crippen LogP contribution in [-0.4, -0.2) is 43.2 Å². The van der Waals surface area contributed by atoms with Gasteiger partial charge in [-0.05, 0) is 40.8 Å². The van der Waals surface area contributed by atoms with E-state index in [1.807, 2.05) is 27.5 Å². The zero-order valence-corrected chi connectivity index (χ0v) is 14.2. The Morgan fingerprint density at radius 2 is 2.14 bits per heavy atom. The van der Waals surface area contributed by atoms with Gasteiger partial charge in [0.2, 0.25) is 0 Å². The number of carbonyl (C=O) groups excluding carboxylic acids is 1. The molecule has 5 nitrogen and oxygen atoms in total. The van der Waals surface area contributed by atoms with Crippen molar-refractivity contribution in [1.29, 1.82) is 5.41 Å². The lowest BCUT2D eigenvalue weighted by Crippen LogP contribution is -2.43. The first-order chi connectivity index (χ1) is 10.1. The third kappa shape index (κ3) is 4.42. The molecule has 0 aliphatic carbocycles. The molecule has 112 valence electrons. The molecule has 1 aliphatic heterocycles. The topological polar surface area (TPSA) is 68.2 Å². The summed E-state index contributed by atoms with van der Waals surface area (Å²) in [6.07, 6.45) is 1.24. The largest absolute Gasteiger partial charge is 0.367 e. The van der Waals surface area contributed by atoms with E-state index in [-0.39, 0.29) is 5.91 Å². The first-order valence-corrected chi connectivity index (χ1v) is 8.00. The van der Waals surface area contributed by atoms with Gasteiger partial charge in [-0.3, -0.25) is 4.79 Å². The number of halogens is 2. The number of benzene rings is 1. The van der Waals surface area contributed by atoms with Crippen molar-refractivity contribution in [3.05, 3.63) is 38.6 Å². The van der Waals surface area contributed by atoms with Gasteiger partial charge in [0.05, 0.1) is 5.70 Å². The van der Waals surface area contributed by atoms with Gasteiger partial charge < -0.3 is 20.9 Å². The maximum Gasteiger partial charge on any atom is 0.264 e. The van der Waals surface area contributed by atoms with Crippen LogP contribution in [0.5, 0.6) is 0 Å². The fourth-order valence-corrected chi connectivity index (χ4v) is 2.89. The second-order valence-electron chi connectivity index (χ2n) is 4.55. The van der Waals surface area contributed by atoms with Crippen molar-refractivity contribution in [1.82, 2.24) is 10.2 Å². The molecule has 0 unspecified atom stereocenters. The summed E-state index contributed by atoms with van der Waals surface area (Å²) >= 11 is 7.89. The van der Waals surface area contributed by atoms with E-state index >= 15 is 0 Å². The number of piperazine rings is 1. The molecule has 2 rings (SSSR count). The van der Waals surface area contributed by atoms with E-state index in [2.05, 4.69) is 10.6 Å². The first kappa shape index (κ1) is 16.3. The van der Waals surface area contributed by atoms with Crippen LogP contribution in [0.3, 0.4) is 0 Å². The Bertz CT molecular complexity index is 570. The molecule has 7 heteroatoms. The molecular weight excluding hydrogens is 403 g/mol. The van der Waals surface area contributed by atoms with Crippen LogP contribution in [0.15, 0.2) is 33.5 Å². The molecule has 1 fully saturated rings. The van der Waals surface area contributed by atoms with Gasteiger partial charge in [0.15, 0.2) is 0 Å². The van der Waals surface area contributed by atoms with Crippen molar-refractivity contribution < 1.29 is 4.79 Å². The second-order valence-corrected chi connectivity index (χ2v) is 6.06. The van der Waals surface area contributed by atoms with E-state index in [9.17, 15) is 4.79 Å². The molecule has 0 spiro atoms. The normalized spacial score (nSPS) is 16.2. The van der Waals surface area contributed by atoms with Crippen LogP contribution < -0.4 is 10.6 Å². The Morgan fingerprint density at radius 3 is 2.76 bits per heavy atom. The highest BCUT2D eigenvalue weighted by Crippen LogP contribution is 2.20. The fraction of sp³-hybridized carbons (Fsp3) is 0.286. The van der Waals surface area contributed by atoms with Crippen molar-refractivity contribution in [2.45, 2.75) is 0 Å². The van der Waals surface area contributed by atoms with Crippen LogP contribution in [-0.2, 0) is 4.79 Å². The molecule has 0 bridgehead atoms. The smallest absolute Gasteiger partial charge is 0.264 e. The molecule has 3 N–H and O–H groups in total. The Hall–Kier alpha value is -1.12. The van der Waals surface area contributed by atoms with Crippen molar-refractivity contribution in [3.8, 4) is 0 Å². The molecule has 0 saturated carbocycles. The van der Waals surface area contributed by atoms with Crippen LogP contribution in [0.1, 0.15) is 0 Å². The number of nitrogens with one attached hydrogen (secondary N) is 3. The Kier molecular flexibility index (Phi) is 6.01. The molecule has 1 saturated heterocycles. The lowest BCUT2D eigenvalue weighted by Gasteiger charge is -2.30. The number of anilines is 1. The predicted molar refractivity (Wildman–Crippen MR) is 94.4 cm³/mol. The van der Waals surface area contributed by atoms with Gasteiger partial charge >= 0.3 is 0 Å². The predicted octanol–water partition coefficient (Wildman–Crippen LogP) is 2.48. The average molecular weight is 419 g/mol. The van der Waals surface area contributed by atoms with E-state index < -0.39 is 0 Å². The maximum absolute atomic E-state index is 12.3. The lowest BCUT2D eigenvalue weighted by atomic mass is 10.2. The third-order valence-corrected chi connectivity index (χ3v) is 4.38. The van der Waals surface area contributed by atoms with Crippen molar-refractivity contribution in [3.63, 3.8) is 0 Å². The van der Waals surface area contributed by atoms with E-state index in [1.165, 1.54) is 6.21 Å². The average Bonchev–Trinajstić information content (AvgIpc) is 2.49. The van der Waals surface area contributed by atoms with Gasteiger partial charge in [0.1, 0.15) is 3.58 Å². The summed E-state index contributed by atoms with van der Waals surface area (Å²) in [5.41, 5.74) is 1.29. The Labute approximate surface area is 142 Å². The lowest BCUT2D eigenvalue weighted by molar-refractivity contribution is -0.112. The monoisotopic (exact) mass is 418 g/mol. The zero-order valence-electron chi connectivity index (χ0n) is 11.3. The number of nitrogens with zero attached hydrogens (tertiary/aromatic N) is 1. The maximum atomic E-state index is 12.3. The van der Waals surface area contributed by atoms with Gasteiger partial charge in [-0.1, -0.05) is 17.7 Å². The van der Waals surface area contributed by atoms with Gasteiger partial charge in [0.25, 0.3) is 5.91 Å². The van der Waals surface area contributed by atoms with Crippen LogP contribution in [0, 0.1) is 5.41 Å². The summed E-state index contributed by atoms with van der Waals surface area (Å²) in [4.78, 5) is 14.3. The van der Waals surface area contributed by atoms with Crippen LogP contribution in [0.4, 0.5) is 5.69 Å². The summed E-state index contributed by atoms with van der Waals surface area (Å²) in [7, 11) is 0. The molecule has 1 aliphatic rings. The third-order valence-electron chi connectivity index (χ3n) is 3.10. The molecule has 0 radical (unpaired) electrons. The van der Waals surface area contributed by atoms with Crippen LogP contribution >= 0.6 is 34.2 Å². The molecule has 0 atom stereocenters. The summed E-state index contributed by atoms with van der Waals surface area (Å²) in [5.74, 6) is -0.227. The van der Waals surface area contributed by atoms with Crippen LogP contribution in [0.2, 0.25) is 5.02 Å². The number of hydrogen-bond acceptors (Lipinski definition) is 4. The van der Waals surface area contributed by atoms with Gasteiger partial charge in [-0.15, -0.1) is 0 Å². The minimum atomic E-state index is -0.227. The number of amides is 1. The Balaban J connectivity index is 2.15. The second kappa shape index (κ2) is 7.77. The summed E-state index contributed by atoms with van der Waals surface area (Å²) in [6.45, 7) is 3.30. The van der Waals surface area contributed by atoms with Gasteiger partial charge in [0, 0.05) is 43.1 Å². The number of rotatable bonds is 4. The van der Waals surface area contributed by atoms with Gasteiger partial charge in [-0.2, -0.15) is 0 Å². The Morgan fingerprint density at radius 1 is 1.43 bits per heavy atom. The highest BCUT2D eigenvalue weighted by Gasteiger charge is 2.18. The zero-order chi connectivity index (χ0) is 15.2. The SMILES string of the molecule is N=C/C(=C(/I)C(=O)Nc1cccc(Cl)c1)N1CCNCC1. The van der Waals surface area contributed by atoms with E-state index in [1.54, 1.807) is 24.3 Å². The number of carbonyl (C=O) groups is 1. The highest BCUT2D eigenvalue weighted by molar-refractivity contribution is 14.1. The minimum Gasteiger partial charge on any atom is -0.367 e. The van der Waals surface area contributed by atoms with E-state index in [0.717, 1.165) is 26.2 Å². The van der Waals surface area contributed by atoms with E-state index in [4.69, 9.17) is 17.0 Å². The van der Waals surface area contributed by atoms with Crippen molar-refractivity contribution >= 4 is 52.0 Å². The fourth-order valence-electron chi connectivity index (χ4n) is 2.07. The van der Waals surface area contributed by atoms with Gasteiger partial charge in [-0.25, -0.2) is 0 Å². The molecule has 21 heavy (non-hydrogen) atoms. The molecule has 1 heterocycles. The number of allylic oxidation sites excluding steroid dienone is 1. The summed E-state index contributed by atoms with van der Waals surface area (Å²) in [5, 5.41) is 14.2. The van der Waals surface area contributed by atoms with Crippen molar-refractivity contribution in [2.24, 2.45) is 0 Å². The standard InChI is InChI=1S/C14H16ClIN4O/c15-10-2-1-3-11(8-10)19-14(21)13(16)12(9-17)20-6-4-18-5-7-20/h1-3,8-9,17-18H,4-7H2,(H,19,21)/b13-12-,17-9?. The van der Waals surface area contributed by atoms with Crippen LogP contribution in [0.25, 0.3) is 0 Å². The van der Waals surface area contributed by atoms with Crippen molar-refractivity contribution in [2.75, 3.05) is 31.5 Å². The molecule has 1 amide bonds. The molecule has 1 aromatic carbocycles. The summed E-state index contributed by atoms with van der Waals surface area (Å²) < 4.78 is 0.504. The first-order valence-electron chi connectivity index (χ1n) is 6.54. The molecule has 0 aromatic heterocycles. The molecule has 1 aromatic rings. The quantitative estimate of drug-likeness (QED) is 0.400. The highest BCUT2D eigenvalue weighted by atomic mass is 127. The molecular formula is C14H16ClIN4O. The van der Waals surface area contributed by atoms with E-state index in [0.29, 0.717) is 20.0 Å². The number of hydrogen-bond donors (Lipinski definition) is 3. The summed E-state index contributed by atoms with van der Waals surface area (Å²) in [6, 6.07) is 7.00. The minimum absolute atomic E-state index is 0.227.